The summed E-state index contributed by atoms with van der Waals surface area (Å²) in [6, 6.07) is 7.27. The van der Waals surface area contributed by atoms with Gasteiger partial charge in [-0.2, -0.15) is 0 Å². The molecule has 2 rings (SSSR count). The van der Waals surface area contributed by atoms with Crippen molar-refractivity contribution in [3.63, 3.8) is 0 Å². The molecule has 1 amide bonds. The second-order valence-corrected chi connectivity index (χ2v) is 5.11. The Labute approximate surface area is 123 Å². The summed E-state index contributed by atoms with van der Waals surface area (Å²) in [4.78, 5) is 22.5. The molecule has 21 heavy (non-hydrogen) atoms. The molecule has 114 valence electrons. The fraction of sp³-hybridized carbons (Fsp3) is 0.467. The molecule has 1 aliphatic rings. The van der Waals surface area contributed by atoms with E-state index in [4.69, 9.17) is 14.6 Å². The Morgan fingerprint density at radius 1 is 1.33 bits per heavy atom. The van der Waals surface area contributed by atoms with E-state index in [1.807, 2.05) is 19.1 Å². The lowest BCUT2D eigenvalue weighted by Gasteiger charge is -2.17. The summed E-state index contributed by atoms with van der Waals surface area (Å²) in [6.07, 6.45) is 0.176. The lowest BCUT2D eigenvalue weighted by molar-refractivity contribution is -0.140. The second-order valence-electron chi connectivity index (χ2n) is 5.11. The summed E-state index contributed by atoms with van der Waals surface area (Å²) in [5.74, 6) is -0.830. The van der Waals surface area contributed by atoms with Crippen molar-refractivity contribution >= 4 is 11.9 Å². The fourth-order valence-electron chi connectivity index (χ4n) is 2.11. The summed E-state index contributed by atoms with van der Waals surface area (Å²) in [6.45, 7) is 2.15. The maximum atomic E-state index is 11.7. The molecule has 1 saturated carbocycles. The number of amides is 1. The second kappa shape index (κ2) is 6.47. The molecule has 0 heterocycles. The highest BCUT2D eigenvalue weighted by atomic mass is 16.5. The first kappa shape index (κ1) is 15.2. The lowest BCUT2D eigenvalue weighted by Crippen LogP contribution is -2.35. The van der Waals surface area contributed by atoms with Gasteiger partial charge in [-0.1, -0.05) is 12.1 Å². The molecule has 0 saturated heterocycles. The normalized spacial score (nSPS) is 21.2. The minimum atomic E-state index is -0.909. The molecule has 1 aromatic carbocycles. The lowest BCUT2D eigenvalue weighted by atomic mass is 10.3. The van der Waals surface area contributed by atoms with Crippen LogP contribution in [0.3, 0.4) is 0 Å². The fourth-order valence-corrected chi connectivity index (χ4v) is 2.11. The van der Waals surface area contributed by atoms with Gasteiger partial charge in [-0.15, -0.1) is 0 Å². The van der Waals surface area contributed by atoms with Crippen LogP contribution in [-0.4, -0.2) is 36.7 Å². The van der Waals surface area contributed by atoms with Gasteiger partial charge in [-0.3, -0.25) is 9.59 Å². The minimum absolute atomic E-state index is 0.224. The standard InChI is InChI=1S/C15H19NO5/c1-9(21-13-6-4-3-5-12(13)20-2)8-16-14(17)10-7-11(10)15(18)19/h3-6,9-11H,7-8H2,1-2H3,(H,16,17)(H,18,19)/t9-,10+,11-/m1/s1. The quantitative estimate of drug-likeness (QED) is 0.791. The Balaban J connectivity index is 1.79. The average Bonchev–Trinajstić information content (AvgIpc) is 3.26. The molecule has 0 radical (unpaired) electrons. The Morgan fingerprint density at radius 2 is 2.00 bits per heavy atom. The summed E-state index contributed by atoms with van der Waals surface area (Å²) < 4.78 is 10.9. The average molecular weight is 293 g/mol. The molecule has 3 atom stereocenters. The zero-order valence-corrected chi connectivity index (χ0v) is 12.0. The molecule has 1 aliphatic carbocycles. The van der Waals surface area contributed by atoms with Crippen LogP contribution < -0.4 is 14.8 Å². The summed E-state index contributed by atoms with van der Waals surface area (Å²) >= 11 is 0. The van der Waals surface area contributed by atoms with Crippen LogP contribution in [0.4, 0.5) is 0 Å². The van der Waals surface area contributed by atoms with Crippen molar-refractivity contribution < 1.29 is 24.2 Å². The predicted octanol–water partition coefficient (Wildman–Crippen LogP) is 1.30. The van der Waals surface area contributed by atoms with E-state index in [0.29, 0.717) is 24.5 Å². The maximum Gasteiger partial charge on any atom is 0.307 e. The summed E-state index contributed by atoms with van der Waals surface area (Å²) in [5, 5.41) is 11.5. The zero-order chi connectivity index (χ0) is 15.4. The highest BCUT2D eigenvalue weighted by molar-refractivity contribution is 5.89. The number of rotatable bonds is 7. The maximum absolute atomic E-state index is 11.7. The molecular formula is C15H19NO5. The molecule has 0 spiro atoms. The van der Waals surface area contributed by atoms with Gasteiger partial charge in [0.1, 0.15) is 6.10 Å². The van der Waals surface area contributed by atoms with Gasteiger partial charge >= 0.3 is 5.97 Å². The van der Waals surface area contributed by atoms with Crippen LogP contribution in [-0.2, 0) is 9.59 Å². The van der Waals surface area contributed by atoms with E-state index in [-0.39, 0.29) is 12.0 Å². The summed E-state index contributed by atoms with van der Waals surface area (Å²) in [5.41, 5.74) is 0. The van der Waals surface area contributed by atoms with Crippen molar-refractivity contribution in [1.82, 2.24) is 5.32 Å². The third kappa shape index (κ3) is 3.87. The first-order valence-corrected chi connectivity index (χ1v) is 6.83. The third-order valence-electron chi connectivity index (χ3n) is 3.41. The Kier molecular flexibility index (Phi) is 4.67. The van der Waals surface area contributed by atoms with E-state index in [1.165, 1.54) is 0 Å². The molecule has 1 fully saturated rings. The molecule has 0 unspecified atom stereocenters. The van der Waals surface area contributed by atoms with Crippen LogP contribution in [0.2, 0.25) is 0 Å². The van der Waals surface area contributed by atoms with E-state index in [0.717, 1.165) is 0 Å². The topological polar surface area (TPSA) is 84.9 Å². The van der Waals surface area contributed by atoms with Crippen LogP contribution in [0.25, 0.3) is 0 Å². The summed E-state index contributed by atoms with van der Waals surface area (Å²) in [7, 11) is 1.56. The number of aliphatic carboxylic acids is 1. The molecule has 1 aromatic rings. The highest BCUT2D eigenvalue weighted by Crippen LogP contribution is 2.38. The van der Waals surface area contributed by atoms with E-state index >= 15 is 0 Å². The highest BCUT2D eigenvalue weighted by Gasteiger charge is 2.48. The van der Waals surface area contributed by atoms with Gasteiger partial charge in [-0.05, 0) is 25.5 Å². The van der Waals surface area contributed by atoms with Crippen LogP contribution in [0, 0.1) is 11.8 Å². The van der Waals surface area contributed by atoms with Gasteiger partial charge in [0.25, 0.3) is 0 Å². The molecule has 0 aliphatic heterocycles. The van der Waals surface area contributed by atoms with Gasteiger partial charge in [0.2, 0.25) is 5.91 Å². The van der Waals surface area contributed by atoms with Gasteiger partial charge in [0.15, 0.2) is 11.5 Å². The SMILES string of the molecule is COc1ccccc1O[C@H](C)CNC(=O)[C@H]1C[C@H]1C(=O)O. The van der Waals surface area contributed by atoms with Crippen LogP contribution in [0.15, 0.2) is 24.3 Å². The smallest absolute Gasteiger partial charge is 0.307 e. The van der Waals surface area contributed by atoms with Gasteiger partial charge in [0, 0.05) is 0 Å². The number of nitrogens with one attached hydrogen (secondary N) is 1. The third-order valence-corrected chi connectivity index (χ3v) is 3.41. The van der Waals surface area contributed by atoms with Crippen molar-refractivity contribution in [2.45, 2.75) is 19.4 Å². The number of methoxy groups -OCH3 is 1. The van der Waals surface area contributed by atoms with E-state index in [9.17, 15) is 9.59 Å². The number of carboxylic acid groups (broad SMARTS) is 1. The van der Waals surface area contributed by atoms with Crippen LogP contribution >= 0.6 is 0 Å². The first-order chi connectivity index (χ1) is 10.0. The number of benzene rings is 1. The van der Waals surface area contributed by atoms with Crippen molar-refractivity contribution in [3.8, 4) is 11.5 Å². The van der Waals surface area contributed by atoms with Gasteiger partial charge in [0.05, 0.1) is 25.5 Å². The number of hydrogen-bond donors (Lipinski definition) is 2. The molecule has 6 heteroatoms. The number of hydrogen-bond acceptors (Lipinski definition) is 4. The Hall–Kier alpha value is -2.24. The zero-order valence-electron chi connectivity index (χ0n) is 12.0. The van der Waals surface area contributed by atoms with E-state index in [1.54, 1.807) is 19.2 Å². The Bertz CT molecular complexity index is 531. The van der Waals surface area contributed by atoms with Gasteiger partial charge < -0.3 is 19.9 Å². The van der Waals surface area contributed by atoms with Crippen LogP contribution in [0.5, 0.6) is 11.5 Å². The van der Waals surface area contributed by atoms with Crippen molar-refractivity contribution in [2.75, 3.05) is 13.7 Å². The minimum Gasteiger partial charge on any atom is -0.493 e. The molecule has 0 aromatic heterocycles. The van der Waals surface area contributed by atoms with Crippen molar-refractivity contribution in [2.24, 2.45) is 11.8 Å². The number of carbonyl (C=O) groups is 2. The molecule has 2 N–H and O–H groups in total. The van der Waals surface area contributed by atoms with Crippen molar-refractivity contribution in [3.05, 3.63) is 24.3 Å². The number of carbonyl (C=O) groups excluding carboxylic acids is 1. The van der Waals surface area contributed by atoms with E-state index in [2.05, 4.69) is 5.32 Å². The Morgan fingerprint density at radius 3 is 2.57 bits per heavy atom. The monoisotopic (exact) mass is 293 g/mol. The predicted molar refractivity (Wildman–Crippen MR) is 75.3 cm³/mol. The molecule has 6 nitrogen and oxygen atoms in total. The van der Waals surface area contributed by atoms with Crippen molar-refractivity contribution in [1.29, 1.82) is 0 Å². The molecule has 0 bridgehead atoms. The van der Waals surface area contributed by atoms with E-state index < -0.39 is 17.8 Å². The van der Waals surface area contributed by atoms with Crippen LogP contribution in [0.1, 0.15) is 13.3 Å². The van der Waals surface area contributed by atoms with Gasteiger partial charge in [-0.25, -0.2) is 0 Å². The first-order valence-electron chi connectivity index (χ1n) is 6.83. The number of carboxylic acids is 1. The number of para-hydroxylation sites is 2. The largest absolute Gasteiger partial charge is 0.493 e. The molecular weight excluding hydrogens is 274 g/mol. The number of ether oxygens (including phenoxy) is 2.